The van der Waals surface area contributed by atoms with Gasteiger partial charge >= 0.3 is 5.97 Å². The summed E-state index contributed by atoms with van der Waals surface area (Å²) in [7, 11) is 0. The van der Waals surface area contributed by atoms with E-state index in [1.165, 1.54) is 25.7 Å². The highest BCUT2D eigenvalue weighted by molar-refractivity contribution is 9.10. The third-order valence-corrected chi connectivity index (χ3v) is 4.32. The van der Waals surface area contributed by atoms with Gasteiger partial charge in [-0.3, -0.25) is 0 Å². The normalized spacial score (nSPS) is 15.8. The predicted molar refractivity (Wildman–Crippen MR) is 85.5 cm³/mol. The summed E-state index contributed by atoms with van der Waals surface area (Å²) < 4.78 is 0.814. The Morgan fingerprint density at radius 1 is 1.40 bits per heavy atom. The number of anilines is 1. The van der Waals surface area contributed by atoms with E-state index < -0.39 is 5.97 Å². The van der Waals surface area contributed by atoms with Gasteiger partial charge in [-0.25, -0.2) is 4.79 Å². The number of carbonyl (C=O) groups is 1. The molecule has 0 radical (unpaired) electrons. The quantitative estimate of drug-likeness (QED) is 0.855. The van der Waals surface area contributed by atoms with Crippen LogP contribution in [-0.2, 0) is 0 Å². The summed E-state index contributed by atoms with van der Waals surface area (Å²) in [4.78, 5) is 13.8. The fraction of sp³-hybridized carbons (Fsp3) is 0.562. The maximum atomic E-state index is 11.5. The molecule has 0 atom stereocenters. The highest BCUT2D eigenvalue weighted by atomic mass is 79.9. The average Bonchev–Trinajstić information content (AvgIpc) is 2.89. The molecule has 0 aliphatic heterocycles. The molecule has 0 spiro atoms. The third-order valence-electron chi connectivity index (χ3n) is 3.83. The average molecular weight is 340 g/mol. The molecule has 1 aromatic rings. The molecule has 1 N–H and O–H groups in total. The molecule has 1 aliphatic carbocycles. The van der Waals surface area contributed by atoms with Crippen LogP contribution in [0.15, 0.2) is 22.7 Å². The van der Waals surface area contributed by atoms with Gasteiger partial charge < -0.3 is 10.0 Å². The van der Waals surface area contributed by atoms with Crippen molar-refractivity contribution in [1.82, 2.24) is 0 Å². The number of carboxylic acid groups (broad SMARTS) is 1. The smallest absolute Gasteiger partial charge is 0.337 e. The number of nitrogens with zero attached hydrogens (tertiary/aromatic N) is 1. The molecule has 1 fully saturated rings. The van der Waals surface area contributed by atoms with Crippen LogP contribution >= 0.6 is 15.9 Å². The van der Waals surface area contributed by atoms with Crippen LogP contribution in [0.5, 0.6) is 0 Å². The minimum absolute atomic E-state index is 0.395. The first-order chi connectivity index (χ1) is 9.49. The van der Waals surface area contributed by atoms with Gasteiger partial charge in [-0.05, 0) is 37.0 Å². The molecule has 0 aromatic heterocycles. The Balaban J connectivity index is 2.39. The first-order valence-electron chi connectivity index (χ1n) is 7.28. The number of hydrogen-bond donors (Lipinski definition) is 1. The molecule has 0 bridgehead atoms. The molecule has 1 aliphatic rings. The summed E-state index contributed by atoms with van der Waals surface area (Å²) >= 11 is 3.37. The topological polar surface area (TPSA) is 40.5 Å². The first-order valence-corrected chi connectivity index (χ1v) is 8.08. The zero-order chi connectivity index (χ0) is 14.7. The maximum Gasteiger partial charge on any atom is 0.337 e. The monoisotopic (exact) mass is 339 g/mol. The van der Waals surface area contributed by atoms with Crippen LogP contribution in [0.1, 0.15) is 49.9 Å². The van der Waals surface area contributed by atoms with Gasteiger partial charge in [-0.2, -0.15) is 0 Å². The lowest BCUT2D eigenvalue weighted by Crippen LogP contribution is -2.37. The summed E-state index contributed by atoms with van der Waals surface area (Å²) in [6.45, 7) is 5.27. The Labute approximate surface area is 129 Å². The second kappa shape index (κ2) is 6.61. The molecule has 0 unspecified atom stereocenters. The zero-order valence-electron chi connectivity index (χ0n) is 12.1. The van der Waals surface area contributed by atoms with Gasteiger partial charge in [0.15, 0.2) is 0 Å². The third kappa shape index (κ3) is 3.54. The molecule has 0 heterocycles. The highest BCUT2D eigenvalue weighted by Crippen LogP contribution is 2.32. The van der Waals surface area contributed by atoms with Crippen LogP contribution in [0.2, 0.25) is 0 Å². The van der Waals surface area contributed by atoms with E-state index >= 15 is 0 Å². The Hall–Kier alpha value is -1.03. The van der Waals surface area contributed by atoms with Crippen LogP contribution in [0, 0.1) is 5.92 Å². The van der Waals surface area contributed by atoms with Crippen LogP contribution in [-0.4, -0.2) is 23.7 Å². The largest absolute Gasteiger partial charge is 0.478 e. The van der Waals surface area contributed by atoms with Crippen molar-refractivity contribution in [2.24, 2.45) is 5.92 Å². The lowest BCUT2D eigenvalue weighted by atomic mass is 10.1. The fourth-order valence-corrected chi connectivity index (χ4v) is 3.34. The first kappa shape index (κ1) is 15.4. The Bertz CT molecular complexity index is 481. The van der Waals surface area contributed by atoms with Crippen molar-refractivity contribution in [3.05, 3.63) is 28.2 Å². The van der Waals surface area contributed by atoms with Crippen molar-refractivity contribution in [1.29, 1.82) is 0 Å². The standard InChI is InChI=1S/C16H22BrNO2/c1-11(2)10-18(13-5-3-4-6-13)15-8-7-12(17)9-14(15)16(19)20/h7-9,11,13H,3-6,10H2,1-2H3,(H,19,20). The van der Waals surface area contributed by atoms with E-state index in [-0.39, 0.29) is 0 Å². The number of aromatic carboxylic acids is 1. The molecule has 0 amide bonds. The summed E-state index contributed by atoms with van der Waals surface area (Å²) in [5.41, 5.74) is 1.26. The molecule has 0 saturated heterocycles. The van der Waals surface area contributed by atoms with E-state index in [2.05, 4.69) is 34.7 Å². The van der Waals surface area contributed by atoms with Crippen molar-refractivity contribution >= 4 is 27.6 Å². The molecule has 20 heavy (non-hydrogen) atoms. The summed E-state index contributed by atoms with van der Waals surface area (Å²) in [6, 6.07) is 6.06. The van der Waals surface area contributed by atoms with E-state index in [1.54, 1.807) is 6.07 Å². The molecule has 1 saturated carbocycles. The minimum atomic E-state index is -0.854. The van der Waals surface area contributed by atoms with E-state index in [9.17, 15) is 9.90 Å². The molecule has 4 heteroatoms. The van der Waals surface area contributed by atoms with Gasteiger partial charge in [0.1, 0.15) is 0 Å². The van der Waals surface area contributed by atoms with Crippen molar-refractivity contribution in [2.75, 3.05) is 11.4 Å². The van der Waals surface area contributed by atoms with Gasteiger partial charge in [0.25, 0.3) is 0 Å². The van der Waals surface area contributed by atoms with E-state index in [4.69, 9.17) is 0 Å². The number of carboxylic acids is 1. The second-order valence-corrected chi connectivity index (χ2v) is 6.87. The zero-order valence-corrected chi connectivity index (χ0v) is 13.7. The molecular weight excluding hydrogens is 318 g/mol. The maximum absolute atomic E-state index is 11.5. The van der Waals surface area contributed by atoms with Crippen LogP contribution in [0.25, 0.3) is 0 Å². The van der Waals surface area contributed by atoms with Crippen molar-refractivity contribution in [3.8, 4) is 0 Å². The number of benzene rings is 1. The highest BCUT2D eigenvalue weighted by Gasteiger charge is 2.26. The number of halogens is 1. The minimum Gasteiger partial charge on any atom is -0.478 e. The Morgan fingerprint density at radius 3 is 2.60 bits per heavy atom. The summed E-state index contributed by atoms with van der Waals surface area (Å²) in [5, 5.41) is 9.47. The van der Waals surface area contributed by atoms with Gasteiger partial charge in [0.2, 0.25) is 0 Å². The Morgan fingerprint density at radius 2 is 2.05 bits per heavy atom. The van der Waals surface area contributed by atoms with Crippen LogP contribution in [0.3, 0.4) is 0 Å². The molecule has 2 rings (SSSR count). The van der Waals surface area contributed by atoms with Crippen molar-refractivity contribution in [3.63, 3.8) is 0 Å². The number of hydrogen-bond acceptors (Lipinski definition) is 2. The Kier molecular flexibility index (Phi) is 5.08. The van der Waals surface area contributed by atoms with Gasteiger partial charge in [-0.15, -0.1) is 0 Å². The molecule has 110 valence electrons. The van der Waals surface area contributed by atoms with Gasteiger partial charge in [0.05, 0.1) is 11.3 Å². The van der Waals surface area contributed by atoms with Gasteiger partial charge in [0, 0.05) is 17.1 Å². The van der Waals surface area contributed by atoms with Gasteiger partial charge in [-0.1, -0.05) is 42.6 Å². The second-order valence-electron chi connectivity index (χ2n) is 5.95. The molecule has 1 aromatic carbocycles. The summed E-state index contributed by atoms with van der Waals surface area (Å²) in [6.07, 6.45) is 4.83. The van der Waals surface area contributed by atoms with Crippen molar-refractivity contribution < 1.29 is 9.90 Å². The van der Waals surface area contributed by atoms with Crippen molar-refractivity contribution in [2.45, 2.75) is 45.6 Å². The summed E-state index contributed by atoms with van der Waals surface area (Å²) in [5.74, 6) is -0.339. The molecular formula is C16H22BrNO2. The lowest BCUT2D eigenvalue weighted by Gasteiger charge is -2.33. The van der Waals surface area contributed by atoms with Crippen LogP contribution < -0.4 is 4.90 Å². The molecule has 3 nitrogen and oxygen atoms in total. The van der Waals surface area contributed by atoms with E-state index in [0.717, 1.165) is 16.7 Å². The lowest BCUT2D eigenvalue weighted by molar-refractivity contribution is 0.0697. The fourth-order valence-electron chi connectivity index (χ4n) is 2.98. The number of rotatable bonds is 5. The van der Waals surface area contributed by atoms with E-state index in [0.29, 0.717) is 17.5 Å². The predicted octanol–water partition coefficient (Wildman–Crippen LogP) is 4.55. The van der Waals surface area contributed by atoms with E-state index in [1.807, 2.05) is 12.1 Å². The van der Waals surface area contributed by atoms with Crippen LogP contribution in [0.4, 0.5) is 5.69 Å². The SMILES string of the molecule is CC(C)CN(c1ccc(Br)cc1C(=O)O)C1CCCC1.